The van der Waals surface area contributed by atoms with Crippen molar-refractivity contribution in [3.63, 3.8) is 0 Å². The standard InChI is InChI=1S/C19H25ClN2O2/c1-23-18-8-16-12-21-11-15(17(16)9-19(18)24-2)5-7-22-6-3-4-14(10-20)13-22/h8-9,11-12,14H,3-7,10,13H2,1-2H3. The third kappa shape index (κ3) is 3.76. The predicted octanol–water partition coefficient (Wildman–Crippen LogP) is 3.75. The van der Waals surface area contributed by atoms with Crippen LogP contribution in [0.2, 0.25) is 0 Å². The minimum Gasteiger partial charge on any atom is -0.493 e. The third-order valence-corrected chi connectivity index (χ3v) is 5.30. The second kappa shape index (κ2) is 8.04. The summed E-state index contributed by atoms with van der Waals surface area (Å²) in [4.78, 5) is 6.93. The fourth-order valence-electron chi connectivity index (χ4n) is 3.51. The van der Waals surface area contributed by atoms with E-state index in [0.717, 1.165) is 42.3 Å². The molecule has 0 amide bonds. The lowest BCUT2D eigenvalue weighted by Crippen LogP contribution is -2.37. The van der Waals surface area contributed by atoms with E-state index < -0.39 is 0 Å². The van der Waals surface area contributed by atoms with Crippen LogP contribution in [0.5, 0.6) is 11.5 Å². The maximum absolute atomic E-state index is 6.04. The molecule has 1 fully saturated rings. The van der Waals surface area contributed by atoms with Crippen molar-refractivity contribution in [3.8, 4) is 11.5 Å². The van der Waals surface area contributed by atoms with Gasteiger partial charge in [-0.2, -0.15) is 0 Å². The number of fused-ring (bicyclic) bond motifs is 1. The van der Waals surface area contributed by atoms with Crippen LogP contribution in [0.15, 0.2) is 24.5 Å². The van der Waals surface area contributed by atoms with Gasteiger partial charge in [-0.25, -0.2) is 0 Å². The Hall–Kier alpha value is -1.52. The number of pyridine rings is 1. The highest BCUT2D eigenvalue weighted by Crippen LogP contribution is 2.33. The first-order chi connectivity index (χ1) is 11.7. The van der Waals surface area contributed by atoms with Crippen molar-refractivity contribution in [2.45, 2.75) is 19.3 Å². The topological polar surface area (TPSA) is 34.6 Å². The molecule has 1 aromatic carbocycles. The zero-order valence-electron chi connectivity index (χ0n) is 14.4. The Kier molecular flexibility index (Phi) is 5.80. The summed E-state index contributed by atoms with van der Waals surface area (Å²) < 4.78 is 10.8. The van der Waals surface area contributed by atoms with Gasteiger partial charge in [0.2, 0.25) is 0 Å². The van der Waals surface area contributed by atoms with Crippen LogP contribution in [0.1, 0.15) is 18.4 Å². The van der Waals surface area contributed by atoms with Gasteiger partial charge in [0.1, 0.15) is 0 Å². The highest BCUT2D eigenvalue weighted by atomic mass is 35.5. The van der Waals surface area contributed by atoms with Crippen molar-refractivity contribution in [2.24, 2.45) is 5.92 Å². The SMILES string of the molecule is COc1cc2cncc(CCN3CCCC(CCl)C3)c2cc1OC. The average Bonchev–Trinajstić information content (AvgIpc) is 2.65. The maximum atomic E-state index is 6.04. The molecule has 1 aliphatic rings. The first-order valence-corrected chi connectivity index (χ1v) is 9.05. The smallest absolute Gasteiger partial charge is 0.161 e. The van der Waals surface area contributed by atoms with Crippen molar-refractivity contribution in [2.75, 3.05) is 39.7 Å². The van der Waals surface area contributed by atoms with Gasteiger partial charge in [0.15, 0.2) is 11.5 Å². The van der Waals surface area contributed by atoms with Crippen molar-refractivity contribution in [3.05, 3.63) is 30.1 Å². The highest BCUT2D eigenvalue weighted by molar-refractivity contribution is 6.18. The van der Waals surface area contributed by atoms with Gasteiger partial charge in [-0.15, -0.1) is 11.6 Å². The minimum atomic E-state index is 0.635. The van der Waals surface area contributed by atoms with Gasteiger partial charge < -0.3 is 14.4 Å². The molecule has 1 aliphatic heterocycles. The van der Waals surface area contributed by atoms with Crippen LogP contribution in [-0.2, 0) is 6.42 Å². The summed E-state index contributed by atoms with van der Waals surface area (Å²) in [6, 6.07) is 4.05. The van der Waals surface area contributed by atoms with Gasteiger partial charge in [-0.05, 0) is 54.8 Å². The van der Waals surface area contributed by atoms with E-state index in [1.165, 1.54) is 30.3 Å². The number of ether oxygens (including phenoxy) is 2. The Morgan fingerprint density at radius 1 is 1.21 bits per heavy atom. The van der Waals surface area contributed by atoms with Crippen LogP contribution in [0.4, 0.5) is 0 Å². The monoisotopic (exact) mass is 348 g/mol. The van der Waals surface area contributed by atoms with Crippen LogP contribution in [0, 0.1) is 5.92 Å². The van der Waals surface area contributed by atoms with E-state index in [0.29, 0.717) is 5.92 Å². The van der Waals surface area contributed by atoms with Gasteiger partial charge in [-0.1, -0.05) is 0 Å². The summed E-state index contributed by atoms with van der Waals surface area (Å²) in [6.45, 7) is 3.32. The number of piperidine rings is 1. The Bertz CT molecular complexity index is 692. The van der Waals surface area contributed by atoms with Crippen LogP contribution < -0.4 is 9.47 Å². The number of hydrogen-bond donors (Lipinski definition) is 0. The van der Waals surface area contributed by atoms with E-state index in [1.807, 2.05) is 18.5 Å². The second-order valence-corrected chi connectivity index (χ2v) is 6.75. The zero-order chi connectivity index (χ0) is 16.9. The highest BCUT2D eigenvalue weighted by Gasteiger charge is 2.19. The third-order valence-electron chi connectivity index (χ3n) is 4.86. The molecule has 130 valence electrons. The molecule has 0 radical (unpaired) electrons. The fraction of sp³-hybridized carbons (Fsp3) is 0.526. The summed E-state index contributed by atoms with van der Waals surface area (Å²) >= 11 is 6.04. The second-order valence-electron chi connectivity index (χ2n) is 6.44. The van der Waals surface area contributed by atoms with Gasteiger partial charge in [0.05, 0.1) is 14.2 Å². The largest absolute Gasteiger partial charge is 0.493 e. The lowest BCUT2D eigenvalue weighted by atomic mass is 9.99. The molecule has 0 spiro atoms. The van der Waals surface area contributed by atoms with Crippen LogP contribution >= 0.6 is 11.6 Å². The minimum absolute atomic E-state index is 0.635. The Morgan fingerprint density at radius 2 is 2.00 bits per heavy atom. The molecular weight excluding hydrogens is 324 g/mol. The van der Waals surface area contributed by atoms with E-state index in [1.54, 1.807) is 14.2 Å². The number of benzene rings is 1. The summed E-state index contributed by atoms with van der Waals surface area (Å²) in [5.41, 5.74) is 1.25. The van der Waals surface area contributed by atoms with Gasteiger partial charge in [0.25, 0.3) is 0 Å². The summed E-state index contributed by atoms with van der Waals surface area (Å²) in [5, 5.41) is 2.27. The van der Waals surface area contributed by atoms with E-state index in [-0.39, 0.29) is 0 Å². The van der Waals surface area contributed by atoms with Crippen molar-refractivity contribution in [1.82, 2.24) is 9.88 Å². The molecule has 1 saturated heterocycles. The molecule has 0 aliphatic carbocycles. The molecule has 3 rings (SSSR count). The molecule has 24 heavy (non-hydrogen) atoms. The van der Waals surface area contributed by atoms with Gasteiger partial charge in [0, 0.05) is 36.7 Å². The molecule has 0 N–H and O–H groups in total. The lowest BCUT2D eigenvalue weighted by Gasteiger charge is -2.31. The zero-order valence-corrected chi connectivity index (χ0v) is 15.2. The Labute approximate surface area is 148 Å². The number of halogens is 1. The molecule has 2 heterocycles. The summed E-state index contributed by atoms with van der Waals surface area (Å²) in [7, 11) is 3.33. The van der Waals surface area contributed by atoms with E-state index >= 15 is 0 Å². The van der Waals surface area contributed by atoms with Crippen LogP contribution in [0.3, 0.4) is 0 Å². The summed E-state index contributed by atoms with van der Waals surface area (Å²) in [5.74, 6) is 2.90. The number of likely N-dealkylation sites (tertiary alicyclic amines) is 1. The summed E-state index contributed by atoms with van der Waals surface area (Å²) in [6.07, 6.45) is 7.33. The van der Waals surface area contributed by atoms with Crippen LogP contribution in [-0.4, -0.2) is 49.6 Å². The van der Waals surface area contributed by atoms with Crippen LogP contribution in [0.25, 0.3) is 10.8 Å². The number of aromatic nitrogens is 1. The molecule has 0 saturated carbocycles. The molecule has 1 atom stereocenters. The lowest BCUT2D eigenvalue weighted by molar-refractivity contribution is 0.187. The molecule has 4 nitrogen and oxygen atoms in total. The Balaban J connectivity index is 1.79. The molecule has 5 heteroatoms. The first kappa shape index (κ1) is 17.3. The maximum Gasteiger partial charge on any atom is 0.161 e. The van der Waals surface area contributed by atoms with Crippen molar-refractivity contribution in [1.29, 1.82) is 0 Å². The number of nitrogens with zero attached hydrogens (tertiary/aromatic N) is 2. The van der Waals surface area contributed by atoms with Gasteiger partial charge >= 0.3 is 0 Å². The van der Waals surface area contributed by atoms with E-state index in [9.17, 15) is 0 Å². The number of hydrogen-bond acceptors (Lipinski definition) is 4. The van der Waals surface area contributed by atoms with E-state index in [4.69, 9.17) is 21.1 Å². The molecular formula is C19H25ClN2O2. The molecule has 1 aromatic heterocycles. The van der Waals surface area contributed by atoms with Crippen molar-refractivity contribution < 1.29 is 9.47 Å². The quantitative estimate of drug-likeness (QED) is 0.745. The number of rotatable bonds is 6. The normalized spacial score (nSPS) is 18.7. The first-order valence-electron chi connectivity index (χ1n) is 8.52. The van der Waals surface area contributed by atoms with Crippen molar-refractivity contribution >= 4 is 22.4 Å². The van der Waals surface area contributed by atoms with Gasteiger partial charge in [-0.3, -0.25) is 4.98 Å². The number of alkyl halides is 1. The Morgan fingerprint density at radius 3 is 2.75 bits per heavy atom. The average molecular weight is 349 g/mol. The van der Waals surface area contributed by atoms with E-state index in [2.05, 4.69) is 16.0 Å². The molecule has 2 aromatic rings. The molecule has 1 unspecified atom stereocenters. The fourth-order valence-corrected chi connectivity index (χ4v) is 3.77. The molecule has 0 bridgehead atoms. The predicted molar refractivity (Wildman–Crippen MR) is 98.4 cm³/mol. The number of methoxy groups -OCH3 is 2.